The molecule has 0 saturated heterocycles. The number of anilines is 2. The molecule has 2 aromatic heterocycles. The van der Waals surface area contributed by atoms with Gasteiger partial charge >= 0.3 is 0 Å². The van der Waals surface area contributed by atoms with Crippen LogP contribution in [0.5, 0.6) is 11.5 Å². The quantitative estimate of drug-likeness (QED) is 0.245. The Kier molecular flexibility index (Phi) is 5.13. The van der Waals surface area contributed by atoms with E-state index in [4.69, 9.17) is 9.94 Å². The van der Waals surface area contributed by atoms with Crippen LogP contribution >= 0.6 is 15.9 Å². The number of aromatic nitrogens is 3. The molecule has 9 heteroatoms. The van der Waals surface area contributed by atoms with Crippen molar-refractivity contribution in [3.63, 3.8) is 0 Å². The van der Waals surface area contributed by atoms with E-state index in [0.29, 0.717) is 38.8 Å². The minimum absolute atomic E-state index is 0.331. The molecule has 2 heterocycles. The summed E-state index contributed by atoms with van der Waals surface area (Å²) in [4.78, 5) is 8.59. The maximum Gasteiger partial charge on any atom is 0.208 e. The normalized spacial score (nSPS) is 11.3. The van der Waals surface area contributed by atoms with Gasteiger partial charge in [-0.2, -0.15) is 0 Å². The molecule has 0 fully saturated rings. The molecule has 0 spiro atoms. The lowest BCUT2D eigenvalue weighted by Crippen LogP contribution is -2.00. The monoisotopic (exact) mass is 455 g/mol. The van der Waals surface area contributed by atoms with Crippen LogP contribution in [0.25, 0.3) is 11.0 Å². The molecule has 0 radical (unpaired) electrons. The van der Waals surface area contributed by atoms with E-state index < -0.39 is 0 Å². The summed E-state index contributed by atoms with van der Waals surface area (Å²) in [6.07, 6.45) is 2.77. The molecular weight excluding hydrogens is 441 g/mol. The van der Waals surface area contributed by atoms with Gasteiger partial charge in [0.2, 0.25) is 5.95 Å². The van der Waals surface area contributed by atoms with Crippen molar-refractivity contribution in [2.75, 3.05) is 5.32 Å². The molecule has 0 bridgehead atoms. The van der Waals surface area contributed by atoms with Gasteiger partial charge in [-0.15, -0.1) is 0 Å². The Morgan fingerprint density at radius 3 is 2.79 bits per heavy atom. The molecule has 146 valence electrons. The van der Waals surface area contributed by atoms with Crippen LogP contribution in [-0.2, 0) is 7.05 Å². The average Bonchev–Trinajstić information content (AvgIpc) is 2.99. The molecule has 29 heavy (non-hydrogen) atoms. The lowest BCUT2D eigenvalue weighted by Gasteiger charge is -2.07. The minimum atomic E-state index is -0.379. The summed E-state index contributed by atoms with van der Waals surface area (Å²) in [5.41, 5.74) is 2.35. The van der Waals surface area contributed by atoms with E-state index >= 15 is 0 Å². The Bertz CT molecular complexity index is 1220. The van der Waals surface area contributed by atoms with Crippen molar-refractivity contribution in [1.82, 2.24) is 14.5 Å². The summed E-state index contributed by atoms with van der Waals surface area (Å²) in [6.45, 7) is 0. The zero-order chi connectivity index (χ0) is 20.4. The van der Waals surface area contributed by atoms with Crippen LogP contribution in [0, 0.1) is 5.82 Å². The zero-order valence-electron chi connectivity index (χ0n) is 15.2. The molecule has 0 aliphatic heterocycles. The summed E-state index contributed by atoms with van der Waals surface area (Å²) in [6, 6.07) is 13.6. The van der Waals surface area contributed by atoms with Crippen LogP contribution in [0.4, 0.5) is 16.0 Å². The largest absolute Gasteiger partial charge is 0.457 e. The Balaban J connectivity index is 1.62. The van der Waals surface area contributed by atoms with E-state index in [9.17, 15) is 4.39 Å². The molecule has 4 rings (SSSR count). The van der Waals surface area contributed by atoms with Crippen molar-refractivity contribution >= 4 is 44.8 Å². The standard InChI is InChI=1S/C20H15BrFN5O2/c1-27-19-5-3-14(29-15-6-7-23-13(9-15)11-24-28)10-18(19)26-20(27)25-17-4-2-12(21)8-16(17)22/h2-11,28H,1H3,(H,25,26)/b24-11+. The van der Waals surface area contributed by atoms with E-state index in [2.05, 4.69) is 36.4 Å². The maximum atomic E-state index is 14.1. The summed E-state index contributed by atoms with van der Waals surface area (Å²) in [7, 11) is 1.85. The van der Waals surface area contributed by atoms with Gasteiger partial charge in [0.15, 0.2) is 0 Å². The van der Waals surface area contributed by atoms with Gasteiger partial charge in [0.25, 0.3) is 0 Å². The number of benzene rings is 2. The molecular formula is C20H15BrFN5O2. The van der Waals surface area contributed by atoms with Crippen LogP contribution in [-0.4, -0.2) is 26.0 Å². The van der Waals surface area contributed by atoms with Gasteiger partial charge in [-0.3, -0.25) is 4.98 Å². The molecule has 0 aliphatic carbocycles. The van der Waals surface area contributed by atoms with Gasteiger partial charge in [-0.25, -0.2) is 9.37 Å². The number of nitrogens with one attached hydrogen (secondary N) is 1. The fourth-order valence-corrected chi connectivity index (χ4v) is 3.16. The van der Waals surface area contributed by atoms with Crippen molar-refractivity contribution in [3.8, 4) is 11.5 Å². The molecule has 2 N–H and O–H groups in total. The predicted molar refractivity (Wildman–Crippen MR) is 112 cm³/mol. The highest BCUT2D eigenvalue weighted by Crippen LogP contribution is 2.29. The molecule has 0 unspecified atom stereocenters. The molecule has 7 nitrogen and oxygen atoms in total. The second kappa shape index (κ2) is 7.88. The van der Waals surface area contributed by atoms with Gasteiger partial charge in [-0.1, -0.05) is 21.1 Å². The molecule has 0 atom stereocenters. The van der Waals surface area contributed by atoms with Crippen LogP contribution < -0.4 is 10.1 Å². The Morgan fingerprint density at radius 2 is 2.00 bits per heavy atom. The SMILES string of the molecule is Cn1c(Nc2ccc(Br)cc2F)nc2cc(Oc3ccnc(/C=N/O)c3)ccc21. The van der Waals surface area contributed by atoms with Gasteiger partial charge in [0.1, 0.15) is 17.3 Å². The van der Waals surface area contributed by atoms with Crippen molar-refractivity contribution in [2.45, 2.75) is 0 Å². The van der Waals surface area contributed by atoms with E-state index in [-0.39, 0.29) is 5.82 Å². The number of oxime groups is 1. The summed E-state index contributed by atoms with van der Waals surface area (Å²) in [5, 5.41) is 14.6. The predicted octanol–water partition coefficient (Wildman–Crippen LogP) is 5.21. The first-order valence-electron chi connectivity index (χ1n) is 8.53. The van der Waals surface area contributed by atoms with E-state index in [1.807, 2.05) is 23.7 Å². The lowest BCUT2D eigenvalue weighted by molar-refractivity contribution is 0.321. The summed E-state index contributed by atoms with van der Waals surface area (Å²) < 4.78 is 22.5. The third-order valence-electron chi connectivity index (χ3n) is 4.21. The number of aryl methyl sites for hydroxylation is 1. The van der Waals surface area contributed by atoms with Gasteiger partial charge < -0.3 is 19.8 Å². The van der Waals surface area contributed by atoms with Gasteiger partial charge in [-0.05, 0) is 36.4 Å². The third-order valence-corrected chi connectivity index (χ3v) is 4.70. The molecule has 2 aromatic carbocycles. The van der Waals surface area contributed by atoms with Crippen LogP contribution in [0.3, 0.4) is 0 Å². The molecule has 0 amide bonds. The third kappa shape index (κ3) is 4.04. The van der Waals surface area contributed by atoms with E-state index in [0.717, 1.165) is 5.52 Å². The van der Waals surface area contributed by atoms with Crippen LogP contribution in [0.1, 0.15) is 5.69 Å². The first-order chi connectivity index (χ1) is 14.0. The maximum absolute atomic E-state index is 14.1. The highest BCUT2D eigenvalue weighted by atomic mass is 79.9. The average molecular weight is 456 g/mol. The minimum Gasteiger partial charge on any atom is -0.457 e. The smallest absolute Gasteiger partial charge is 0.208 e. The lowest BCUT2D eigenvalue weighted by atomic mass is 10.3. The summed E-state index contributed by atoms with van der Waals surface area (Å²) >= 11 is 3.25. The van der Waals surface area contributed by atoms with Crippen LogP contribution in [0.2, 0.25) is 0 Å². The van der Waals surface area contributed by atoms with Gasteiger partial charge in [0.05, 0.1) is 28.6 Å². The topological polar surface area (TPSA) is 84.6 Å². The van der Waals surface area contributed by atoms with E-state index in [1.54, 1.807) is 36.5 Å². The number of nitrogens with zero attached hydrogens (tertiary/aromatic N) is 4. The van der Waals surface area contributed by atoms with Crippen molar-refractivity contribution < 1.29 is 14.3 Å². The number of imidazole rings is 1. The number of fused-ring (bicyclic) bond motifs is 1. The fourth-order valence-electron chi connectivity index (χ4n) is 2.82. The highest BCUT2D eigenvalue weighted by Gasteiger charge is 2.12. The molecule has 0 aliphatic rings. The number of halogens is 2. The Labute approximate surface area is 173 Å². The first kappa shape index (κ1) is 18.9. The van der Waals surface area contributed by atoms with Crippen LogP contribution in [0.15, 0.2) is 64.4 Å². The van der Waals surface area contributed by atoms with Gasteiger partial charge in [0, 0.05) is 29.8 Å². The second-order valence-electron chi connectivity index (χ2n) is 6.16. The summed E-state index contributed by atoms with van der Waals surface area (Å²) in [5.74, 6) is 1.25. The fraction of sp³-hybridized carbons (Fsp3) is 0.0500. The Hall–Kier alpha value is -3.46. The zero-order valence-corrected chi connectivity index (χ0v) is 16.8. The molecule has 0 saturated carbocycles. The number of hydrogen-bond donors (Lipinski definition) is 2. The number of ether oxygens (including phenoxy) is 1. The second-order valence-corrected chi connectivity index (χ2v) is 7.07. The number of rotatable bonds is 5. The Morgan fingerprint density at radius 1 is 1.17 bits per heavy atom. The van der Waals surface area contributed by atoms with Crippen molar-refractivity contribution in [2.24, 2.45) is 12.2 Å². The van der Waals surface area contributed by atoms with Crippen molar-refractivity contribution in [1.29, 1.82) is 0 Å². The van der Waals surface area contributed by atoms with E-state index in [1.165, 1.54) is 12.3 Å². The molecule has 4 aromatic rings. The number of pyridine rings is 1. The number of hydrogen-bond acceptors (Lipinski definition) is 6. The highest BCUT2D eigenvalue weighted by molar-refractivity contribution is 9.10. The van der Waals surface area contributed by atoms with Crippen molar-refractivity contribution in [3.05, 3.63) is 70.7 Å². The first-order valence-corrected chi connectivity index (χ1v) is 9.32.